The highest BCUT2D eigenvalue weighted by Crippen LogP contribution is 2.30. The Morgan fingerprint density at radius 1 is 1.28 bits per heavy atom. The zero-order chi connectivity index (χ0) is 13.2. The smallest absolute Gasteiger partial charge is 0.243 e. The van der Waals surface area contributed by atoms with Crippen LogP contribution in [0, 0.1) is 0 Å². The summed E-state index contributed by atoms with van der Waals surface area (Å²) in [4.78, 5) is 19.2. The predicted octanol–water partition coefficient (Wildman–Crippen LogP) is -0.556. The maximum Gasteiger partial charge on any atom is 0.243 e. The van der Waals surface area contributed by atoms with Gasteiger partial charge in [0, 0.05) is 26.2 Å². The van der Waals surface area contributed by atoms with E-state index in [1.165, 1.54) is 0 Å². The summed E-state index contributed by atoms with van der Waals surface area (Å²) in [5.74, 6) is 0.347. The molecule has 0 radical (unpaired) electrons. The van der Waals surface area contributed by atoms with Crippen LogP contribution in [0.3, 0.4) is 0 Å². The van der Waals surface area contributed by atoms with E-state index in [2.05, 4.69) is 41.2 Å². The minimum atomic E-state index is -0.226. The summed E-state index contributed by atoms with van der Waals surface area (Å²) in [5.41, 5.74) is -0.226. The zero-order valence-electron chi connectivity index (χ0n) is 11.9. The van der Waals surface area contributed by atoms with Crippen LogP contribution in [-0.2, 0) is 4.79 Å². The Bertz CT molecular complexity index is 299. The zero-order valence-corrected chi connectivity index (χ0v) is 11.9. The molecule has 0 bridgehead atoms. The minimum absolute atomic E-state index is 0.226. The largest absolute Gasteiger partial charge is 0.339 e. The first-order chi connectivity index (χ1) is 8.56. The van der Waals surface area contributed by atoms with Gasteiger partial charge in [-0.2, -0.15) is 0 Å². The van der Waals surface area contributed by atoms with Crippen molar-refractivity contribution >= 4 is 5.91 Å². The number of carbonyl (C=O) groups is 1. The SMILES string of the molecule is CN(C)CCN1CCN(C)C2(CCNCC2)C1=O. The fourth-order valence-electron chi connectivity index (χ4n) is 3.01. The van der Waals surface area contributed by atoms with Gasteiger partial charge >= 0.3 is 0 Å². The van der Waals surface area contributed by atoms with Crippen LogP contribution in [0.25, 0.3) is 0 Å². The molecule has 18 heavy (non-hydrogen) atoms. The molecule has 0 aromatic carbocycles. The quantitative estimate of drug-likeness (QED) is 0.733. The Labute approximate surface area is 110 Å². The highest BCUT2D eigenvalue weighted by atomic mass is 16.2. The third-order valence-corrected chi connectivity index (χ3v) is 4.37. The van der Waals surface area contributed by atoms with Crippen molar-refractivity contribution in [2.45, 2.75) is 18.4 Å². The molecular formula is C13H26N4O. The van der Waals surface area contributed by atoms with E-state index < -0.39 is 0 Å². The molecular weight excluding hydrogens is 228 g/mol. The molecule has 2 aliphatic heterocycles. The summed E-state index contributed by atoms with van der Waals surface area (Å²) in [6.45, 7) is 5.59. The van der Waals surface area contributed by atoms with Crippen molar-refractivity contribution in [3.05, 3.63) is 0 Å². The second kappa shape index (κ2) is 5.55. The average molecular weight is 254 g/mol. The number of amides is 1. The van der Waals surface area contributed by atoms with E-state index in [1.54, 1.807) is 0 Å². The second-order valence-corrected chi connectivity index (χ2v) is 5.80. The van der Waals surface area contributed by atoms with E-state index in [0.29, 0.717) is 5.91 Å². The van der Waals surface area contributed by atoms with Crippen LogP contribution >= 0.6 is 0 Å². The lowest BCUT2D eigenvalue weighted by Crippen LogP contribution is -2.67. The van der Waals surface area contributed by atoms with E-state index in [1.807, 2.05) is 0 Å². The van der Waals surface area contributed by atoms with Gasteiger partial charge in [0.2, 0.25) is 5.91 Å². The third kappa shape index (κ3) is 2.53. The summed E-state index contributed by atoms with van der Waals surface area (Å²) < 4.78 is 0. The summed E-state index contributed by atoms with van der Waals surface area (Å²) in [7, 11) is 6.22. The van der Waals surface area contributed by atoms with Crippen LogP contribution in [0.5, 0.6) is 0 Å². The van der Waals surface area contributed by atoms with E-state index in [0.717, 1.165) is 52.1 Å². The number of rotatable bonds is 3. The Hall–Kier alpha value is -0.650. The molecule has 1 spiro atoms. The normalized spacial score (nSPS) is 25.1. The van der Waals surface area contributed by atoms with Crippen molar-refractivity contribution in [3.8, 4) is 0 Å². The standard InChI is InChI=1S/C13H26N4O/c1-15(2)8-10-17-11-9-16(3)13(12(17)18)4-6-14-7-5-13/h14H,4-11H2,1-3H3. The lowest BCUT2D eigenvalue weighted by atomic mass is 9.83. The molecule has 1 amide bonds. The number of piperazine rings is 1. The van der Waals surface area contributed by atoms with Gasteiger partial charge in [-0.1, -0.05) is 0 Å². The molecule has 0 aromatic rings. The average Bonchev–Trinajstić information content (AvgIpc) is 2.37. The van der Waals surface area contributed by atoms with Crippen LogP contribution in [0.4, 0.5) is 0 Å². The highest BCUT2D eigenvalue weighted by Gasteiger charge is 2.47. The molecule has 0 aromatic heterocycles. The summed E-state index contributed by atoms with van der Waals surface area (Å²) in [6.07, 6.45) is 1.89. The number of hydrogen-bond acceptors (Lipinski definition) is 4. The van der Waals surface area contributed by atoms with E-state index >= 15 is 0 Å². The number of nitrogens with one attached hydrogen (secondary N) is 1. The first-order valence-electron chi connectivity index (χ1n) is 6.92. The van der Waals surface area contributed by atoms with Crippen molar-refractivity contribution in [1.82, 2.24) is 20.0 Å². The van der Waals surface area contributed by atoms with Crippen molar-refractivity contribution in [2.75, 3.05) is 60.4 Å². The van der Waals surface area contributed by atoms with Crippen LogP contribution in [0.15, 0.2) is 0 Å². The Balaban J connectivity index is 2.06. The van der Waals surface area contributed by atoms with Crippen LogP contribution in [0.1, 0.15) is 12.8 Å². The van der Waals surface area contributed by atoms with Gasteiger partial charge in [-0.15, -0.1) is 0 Å². The fraction of sp³-hybridized carbons (Fsp3) is 0.923. The first kappa shape index (κ1) is 13.8. The van der Waals surface area contributed by atoms with Gasteiger partial charge in [-0.3, -0.25) is 9.69 Å². The molecule has 5 heteroatoms. The number of piperidine rings is 1. The molecule has 0 saturated carbocycles. The lowest BCUT2D eigenvalue weighted by Gasteiger charge is -2.50. The molecule has 0 aliphatic carbocycles. The second-order valence-electron chi connectivity index (χ2n) is 5.80. The minimum Gasteiger partial charge on any atom is -0.339 e. The predicted molar refractivity (Wildman–Crippen MR) is 72.6 cm³/mol. The van der Waals surface area contributed by atoms with Gasteiger partial charge in [0.15, 0.2) is 0 Å². The monoisotopic (exact) mass is 254 g/mol. The number of carbonyl (C=O) groups excluding carboxylic acids is 1. The molecule has 2 fully saturated rings. The fourth-order valence-corrected chi connectivity index (χ4v) is 3.01. The molecule has 5 nitrogen and oxygen atoms in total. The summed E-state index contributed by atoms with van der Waals surface area (Å²) in [6, 6.07) is 0. The maximum absolute atomic E-state index is 12.8. The van der Waals surface area contributed by atoms with Gasteiger partial charge in [-0.25, -0.2) is 0 Å². The van der Waals surface area contributed by atoms with Gasteiger partial charge in [0.25, 0.3) is 0 Å². The Morgan fingerprint density at radius 3 is 2.56 bits per heavy atom. The lowest BCUT2D eigenvalue weighted by molar-refractivity contribution is -0.152. The van der Waals surface area contributed by atoms with Crippen molar-refractivity contribution in [3.63, 3.8) is 0 Å². The Morgan fingerprint density at radius 2 is 1.94 bits per heavy atom. The van der Waals surface area contributed by atoms with Crippen LogP contribution < -0.4 is 5.32 Å². The summed E-state index contributed by atoms with van der Waals surface area (Å²) in [5, 5.41) is 3.36. The van der Waals surface area contributed by atoms with Gasteiger partial charge < -0.3 is 15.1 Å². The van der Waals surface area contributed by atoms with E-state index in [4.69, 9.17) is 0 Å². The maximum atomic E-state index is 12.8. The Kier molecular flexibility index (Phi) is 4.25. The highest BCUT2D eigenvalue weighted by molar-refractivity contribution is 5.87. The molecule has 2 saturated heterocycles. The molecule has 0 atom stereocenters. The van der Waals surface area contributed by atoms with Gasteiger partial charge in [0.05, 0.1) is 0 Å². The van der Waals surface area contributed by atoms with Crippen LogP contribution in [-0.4, -0.2) is 86.6 Å². The number of nitrogens with zero attached hydrogens (tertiary/aromatic N) is 3. The third-order valence-electron chi connectivity index (χ3n) is 4.37. The molecule has 2 heterocycles. The van der Waals surface area contributed by atoms with Gasteiger partial charge in [0.1, 0.15) is 5.54 Å². The molecule has 0 unspecified atom stereocenters. The molecule has 2 rings (SSSR count). The summed E-state index contributed by atoms with van der Waals surface area (Å²) >= 11 is 0. The van der Waals surface area contributed by atoms with Crippen molar-refractivity contribution < 1.29 is 4.79 Å². The topological polar surface area (TPSA) is 38.8 Å². The van der Waals surface area contributed by atoms with E-state index in [-0.39, 0.29) is 5.54 Å². The van der Waals surface area contributed by atoms with Crippen molar-refractivity contribution in [2.24, 2.45) is 0 Å². The number of likely N-dealkylation sites (N-methyl/N-ethyl adjacent to an activating group) is 2. The number of hydrogen-bond donors (Lipinski definition) is 1. The molecule has 2 aliphatic rings. The van der Waals surface area contributed by atoms with Gasteiger partial charge in [-0.05, 0) is 47.1 Å². The first-order valence-corrected chi connectivity index (χ1v) is 6.92. The van der Waals surface area contributed by atoms with Crippen LogP contribution in [0.2, 0.25) is 0 Å². The van der Waals surface area contributed by atoms with Crippen molar-refractivity contribution in [1.29, 1.82) is 0 Å². The molecule has 1 N–H and O–H groups in total. The van der Waals surface area contributed by atoms with E-state index in [9.17, 15) is 4.79 Å². The molecule has 104 valence electrons.